The van der Waals surface area contributed by atoms with Gasteiger partial charge in [0.25, 0.3) is 0 Å². The molecule has 2 heterocycles. The number of nitrogens with zero attached hydrogens (tertiary/aromatic N) is 2. The van der Waals surface area contributed by atoms with Gasteiger partial charge in [0.2, 0.25) is 0 Å². The molecule has 0 aliphatic carbocycles. The van der Waals surface area contributed by atoms with Crippen molar-refractivity contribution in [2.45, 2.75) is 9.79 Å². The Balaban J connectivity index is 1.91. The highest BCUT2D eigenvalue weighted by Gasteiger charge is 1.98. The lowest BCUT2D eigenvalue weighted by Gasteiger charge is -1.91. The third-order valence-corrected chi connectivity index (χ3v) is 4.84. The molecule has 0 amide bonds. The van der Waals surface area contributed by atoms with Gasteiger partial charge in [0.15, 0.2) is 0 Å². The molecule has 0 spiro atoms. The Kier molecular flexibility index (Phi) is 3.04. The molecule has 0 N–H and O–H groups in total. The van der Waals surface area contributed by atoms with Crippen molar-refractivity contribution in [1.82, 2.24) is 8.75 Å². The molecule has 0 aliphatic rings. The predicted octanol–water partition coefficient (Wildman–Crippen LogP) is 3.40. The highest BCUT2D eigenvalue weighted by Crippen LogP contribution is 2.37. The summed E-state index contributed by atoms with van der Waals surface area (Å²) in [4.78, 5) is 2.41. The first kappa shape index (κ1) is 8.55. The van der Waals surface area contributed by atoms with Crippen LogP contribution < -0.4 is 0 Å². The molecule has 0 atom stereocenters. The van der Waals surface area contributed by atoms with E-state index in [2.05, 4.69) is 8.75 Å². The van der Waals surface area contributed by atoms with Crippen molar-refractivity contribution < 1.29 is 0 Å². The number of rotatable bonds is 3. The van der Waals surface area contributed by atoms with E-state index in [0.717, 1.165) is 0 Å². The van der Waals surface area contributed by atoms with Gasteiger partial charge in [-0.2, -0.15) is 8.75 Å². The summed E-state index contributed by atoms with van der Waals surface area (Å²) in [6.45, 7) is 0. The second-order valence-electron chi connectivity index (χ2n) is 1.89. The van der Waals surface area contributed by atoms with E-state index in [-0.39, 0.29) is 0 Å². The van der Waals surface area contributed by atoms with Crippen LogP contribution in [0.1, 0.15) is 0 Å². The van der Waals surface area contributed by atoms with E-state index in [4.69, 9.17) is 0 Å². The van der Waals surface area contributed by atoms with Crippen molar-refractivity contribution in [2.75, 3.05) is 0 Å². The van der Waals surface area contributed by atoms with Crippen LogP contribution >= 0.6 is 44.7 Å². The van der Waals surface area contributed by atoms with Crippen LogP contribution in [0.2, 0.25) is 0 Å². The van der Waals surface area contributed by atoms with Crippen molar-refractivity contribution in [2.24, 2.45) is 0 Å². The fourth-order valence-electron chi connectivity index (χ4n) is 0.569. The van der Waals surface area contributed by atoms with Gasteiger partial charge in [-0.15, -0.1) is 0 Å². The van der Waals surface area contributed by atoms with Gasteiger partial charge in [0.05, 0.1) is 12.4 Å². The van der Waals surface area contributed by atoms with Crippen LogP contribution in [0.5, 0.6) is 0 Å². The number of hydrogen-bond acceptors (Lipinski definition) is 6. The molecule has 0 aliphatic heterocycles. The van der Waals surface area contributed by atoms with Gasteiger partial charge in [-0.25, -0.2) is 0 Å². The van der Waals surface area contributed by atoms with Crippen LogP contribution in [0.4, 0.5) is 0 Å². The molecule has 6 heteroatoms. The molecular formula is C6H4N2S4. The number of hydrogen-bond donors (Lipinski definition) is 0. The first-order valence-electron chi connectivity index (χ1n) is 3.08. The summed E-state index contributed by atoms with van der Waals surface area (Å²) in [5.74, 6) is 0. The lowest BCUT2D eigenvalue weighted by Crippen LogP contribution is -1.57. The fraction of sp³-hybridized carbons (Fsp3) is 0. The summed E-state index contributed by atoms with van der Waals surface area (Å²) in [7, 11) is 3.43. The minimum atomic E-state index is 1.20. The average molecular weight is 232 g/mol. The SMILES string of the molecule is c1nscc1SSc1cnsc1. The Labute approximate surface area is 86.1 Å². The Bertz CT molecular complexity index is 281. The number of aromatic nitrogens is 2. The molecule has 2 rings (SSSR count). The standard InChI is InChI=1S/C6H4N2S4/c1-5(3-9-7-1)11-12-6-2-8-10-4-6/h1-4H. The van der Waals surface area contributed by atoms with E-state index >= 15 is 0 Å². The molecule has 0 saturated carbocycles. The van der Waals surface area contributed by atoms with E-state index in [1.54, 1.807) is 21.6 Å². The molecule has 2 nitrogen and oxygen atoms in total. The highest BCUT2D eigenvalue weighted by atomic mass is 33.1. The molecule has 2 aromatic rings. The molecule has 0 saturated heterocycles. The van der Waals surface area contributed by atoms with Gasteiger partial charge in [0, 0.05) is 20.6 Å². The maximum absolute atomic E-state index is 4.02. The molecular weight excluding hydrogens is 228 g/mol. The summed E-state index contributed by atoms with van der Waals surface area (Å²) in [5, 5.41) is 4.08. The van der Waals surface area contributed by atoms with E-state index in [9.17, 15) is 0 Å². The Hall–Kier alpha value is -0.0400. The van der Waals surface area contributed by atoms with Crippen LogP contribution in [-0.2, 0) is 0 Å². The molecule has 0 aromatic carbocycles. The third-order valence-electron chi connectivity index (χ3n) is 1.05. The molecule has 12 heavy (non-hydrogen) atoms. The van der Waals surface area contributed by atoms with E-state index < -0.39 is 0 Å². The van der Waals surface area contributed by atoms with Crippen molar-refractivity contribution >= 4 is 44.7 Å². The van der Waals surface area contributed by atoms with Crippen molar-refractivity contribution in [3.63, 3.8) is 0 Å². The molecule has 2 aromatic heterocycles. The maximum atomic E-state index is 4.02. The third kappa shape index (κ3) is 2.22. The quantitative estimate of drug-likeness (QED) is 0.758. The van der Waals surface area contributed by atoms with Crippen LogP contribution in [-0.4, -0.2) is 8.75 Å². The Morgan fingerprint density at radius 3 is 1.75 bits per heavy atom. The van der Waals surface area contributed by atoms with Crippen LogP contribution in [0.15, 0.2) is 32.9 Å². The smallest absolute Gasteiger partial charge is 0.0551 e. The zero-order valence-electron chi connectivity index (χ0n) is 5.84. The first-order valence-corrected chi connectivity index (χ1v) is 6.91. The monoisotopic (exact) mass is 232 g/mol. The van der Waals surface area contributed by atoms with Crippen molar-refractivity contribution in [1.29, 1.82) is 0 Å². The van der Waals surface area contributed by atoms with Crippen molar-refractivity contribution in [3.05, 3.63) is 23.2 Å². The highest BCUT2D eigenvalue weighted by molar-refractivity contribution is 8.76. The minimum absolute atomic E-state index is 1.20. The lowest BCUT2D eigenvalue weighted by molar-refractivity contribution is 1.44. The zero-order valence-corrected chi connectivity index (χ0v) is 9.10. The summed E-state index contributed by atoms with van der Waals surface area (Å²) in [6.07, 6.45) is 3.75. The topological polar surface area (TPSA) is 25.8 Å². The van der Waals surface area contributed by atoms with Crippen LogP contribution in [0, 0.1) is 0 Å². The minimum Gasteiger partial charge on any atom is -0.200 e. The zero-order chi connectivity index (χ0) is 8.23. The molecule has 62 valence electrons. The van der Waals surface area contributed by atoms with Gasteiger partial charge in [-0.1, -0.05) is 0 Å². The second kappa shape index (κ2) is 4.27. The summed E-state index contributed by atoms with van der Waals surface area (Å²) in [5.41, 5.74) is 0. The lowest BCUT2D eigenvalue weighted by atomic mass is 10.8. The summed E-state index contributed by atoms with van der Waals surface area (Å²) >= 11 is 2.96. The second-order valence-corrected chi connectivity index (χ2v) is 5.48. The molecule has 0 fully saturated rings. The van der Waals surface area contributed by atoms with Crippen LogP contribution in [0.25, 0.3) is 0 Å². The Morgan fingerprint density at radius 2 is 1.42 bits per heavy atom. The van der Waals surface area contributed by atoms with E-state index in [0.29, 0.717) is 0 Å². The van der Waals surface area contributed by atoms with E-state index in [1.807, 2.05) is 23.2 Å². The summed E-state index contributed by atoms with van der Waals surface area (Å²) in [6, 6.07) is 0. The largest absolute Gasteiger partial charge is 0.200 e. The van der Waals surface area contributed by atoms with Crippen LogP contribution in [0.3, 0.4) is 0 Å². The van der Waals surface area contributed by atoms with Gasteiger partial charge in [-0.05, 0) is 44.7 Å². The summed E-state index contributed by atoms with van der Waals surface area (Å²) < 4.78 is 8.03. The first-order chi connectivity index (χ1) is 5.95. The van der Waals surface area contributed by atoms with Gasteiger partial charge >= 0.3 is 0 Å². The fourth-order valence-corrected chi connectivity index (χ4v) is 4.00. The van der Waals surface area contributed by atoms with E-state index in [1.165, 1.54) is 32.9 Å². The molecule has 0 bridgehead atoms. The molecule has 0 unspecified atom stereocenters. The maximum Gasteiger partial charge on any atom is 0.0551 e. The van der Waals surface area contributed by atoms with Crippen molar-refractivity contribution in [3.8, 4) is 0 Å². The average Bonchev–Trinajstić information content (AvgIpc) is 2.74. The normalized spacial score (nSPS) is 10.3. The molecule has 0 radical (unpaired) electrons. The Morgan fingerprint density at radius 1 is 0.917 bits per heavy atom. The van der Waals surface area contributed by atoms with Gasteiger partial charge in [0.1, 0.15) is 0 Å². The van der Waals surface area contributed by atoms with Gasteiger partial charge in [-0.3, -0.25) is 0 Å². The predicted molar refractivity (Wildman–Crippen MR) is 55.9 cm³/mol. The van der Waals surface area contributed by atoms with Gasteiger partial charge < -0.3 is 0 Å².